The van der Waals surface area contributed by atoms with Gasteiger partial charge in [0.2, 0.25) is 0 Å². The minimum atomic E-state index is -3.78. The lowest BCUT2D eigenvalue weighted by Gasteiger charge is -2.16. The fourth-order valence-corrected chi connectivity index (χ4v) is 3.28. The molecule has 0 unspecified atom stereocenters. The topological polar surface area (TPSA) is 66.1 Å². The summed E-state index contributed by atoms with van der Waals surface area (Å²) in [6.45, 7) is 0. The summed E-state index contributed by atoms with van der Waals surface area (Å²) in [6.07, 6.45) is 1.61. The van der Waals surface area contributed by atoms with Crippen molar-refractivity contribution in [1.29, 1.82) is 0 Å². The molecule has 0 spiro atoms. The van der Waals surface area contributed by atoms with Gasteiger partial charge in [0.15, 0.2) is 0 Å². The van der Waals surface area contributed by atoms with Crippen molar-refractivity contribution in [1.82, 2.24) is 10.2 Å². The number of benzene rings is 2. The predicted octanol–water partition coefficient (Wildman–Crippen LogP) is 2.91. The van der Waals surface area contributed by atoms with Crippen molar-refractivity contribution in [3.8, 4) is 0 Å². The van der Waals surface area contributed by atoms with Gasteiger partial charge in [0.05, 0.1) is 22.3 Å². The summed E-state index contributed by atoms with van der Waals surface area (Å²) in [5.41, 5.74) is 1.18. The molecule has 102 valence electrons. The molecule has 0 saturated carbocycles. The number of anilines is 1. The van der Waals surface area contributed by atoms with Gasteiger partial charge in [0.25, 0.3) is 10.0 Å². The number of aromatic nitrogens is 2. The first-order valence-electron chi connectivity index (χ1n) is 5.78. The van der Waals surface area contributed by atoms with Gasteiger partial charge in [-0.15, -0.1) is 0 Å². The zero-order valence-corrected chi connectivity index (χ0v) is 11.8. The van der Waals surface area contributed by atoms with E-state index in [1.54, 1.807) is 42.6 Å². The SMILES string of the molecule is O=S(=O)(c1ccccc1)N(Cl)c1ccc2[nH]ncc2c1. The molecule has 0 atom stereocenters. The van der Waals surface area contributed by atoms with Crippen LogP contribution in [0.5, 0.6) is 0 Å². The third kappa shape index (κ3) is 2.13. The Hall–Kier alpha value is -2.05. The predicted molar refractivity (Wildman–Crippen MR) is 78.1 cm³/mol. The number of nitrogens with one attached hydrogen (secondary N) is 1. The molecule has 1 heterocycles. The van der Waals surface area contributed by atoms with E-state index in [9.17, 15) is 8.42 Å². The van der Waals surface area contributed by atoms with Gasteiger partial charge < -0.3 is 0 Å². The Kier molecular flexibility index (Phi) is 3.11. The van der Waals surface area contributed by atoms with Gasteiger partial charge in [-0.3, -0.25) is 5.10 Å². The van der Waals surface area contributed by atoms with Gasteiger partial charge in [-0.25, -0.2) is 0 Å². The molecule has 1 N–H and O–H groups in total. The lowest BCUT2D eigenvalue weighted by atomic mass is 10.2. The van der Waals surface area contributed by atoms with Crippen LogP contribution in [0, 0.1) is 0 Å². The normalized spacial score (nSPS) is 11.7. The van der Waals surface area contributed by atoms with E-state index < -0.39 is 10.0 Å². The van der Waals surface area contributed by atoms with Crippen LogP contribution in [0.2, 0.25) is 0 Å². The molecule has 0 saturated heterocycles. The molecule has 0 amide bonds. The summed E-state index contributed by atoms with van der Waals surface area (Å²) in [6, 6.07) is 13.1. The third-order valence-electron chi connectivity index (χ3n) is 2.88. The standard InChI is InChI=1S/C13H10ClN3O2S/c14-17(20(18,19)12-4-2-1-3-5-12)11-6-7-13-10(8-11)9-15-16-13/h1-9H,(H,15,16). The maximum atomic E-state index is 12.4. The number of fused-ring (bicyclic) bond motifs is 1. The number of hydrogen-bond donors (Lipinski definition) is 1. The summed E-state index contributed by atoms with van der Waals surface area (Å²) >= 11 is 6.01. The summed E-state index contributed by atoms with van der Waals surface area (Å²) < 4.78 is 25.5. The highest BCUT2D eigenvalue weighted by Gasteiger charge is 2.23. The maximum Gasteiger partial charge on any atom is 0.278 e. The highest BCUT2D eigenvalue weighted by molar-refractivity contribution is 7.94. The zero-order chi connectivity index (χ0) is 14.2. The van der Waals surface area contributed by atoms with Gasteiger partial charge >= 0.3 is 0 Å². The minimum absolute atomic E-state index is 0.141. The van der Waals surface area contributed by atoms with E-state index in [1.807, 2.05) is 0 Å². The third-order valence-corrected chi connectivity index (χ3v) is 5.12. The quantitative estimate of drug-likeness (QED) is 0.757. The van der Waals surface area contributed by atoms with E-state index in [0.717, 1.165) is 14.7 Å². The van der Waals surface area contributed by atoms with Crippen molar-refractivity contribution < 1.29 is 8.42 Å². The van der Waals surface area contributed by atoms with Crippen LogP contribution in [0.25, 0.3) is 10.9 Å². The molecule has 0 bridgehead atoms. The lowest BCUT2D eigenvalue weighted by molar-refractivity contribution is 0.598. The Morgan fingerprint density at radius 2 is 1.85 bits per heavy atom. The number of nitrogens with zero attached hydrogens (tertiary/aromatic N) is 2. The fourth-order valence-electron chi connectivity index (χ4n) is 1.86. The largest absolute Gasteiger partial charge is 0.278 e. The first-order valence-corrected chi connectivity index (χ1v) is 7.56. The van der Waals surface area contributed by atoms with Gasteiger partial charge in [-0.2, -0.15) is 17.3 Å². The molecule has 0 radical (unpaired) electrons. The van der Waals surface area contributed by atoms with Gasteiger partial charge in [-0.05, 0) is 30.3 Å². The average Bonchev–Trinajstić information content (AvgIpc) is 2.94. The van der Waals surface area contributed by atoms with Crippen molar-refractivity contribution in [2.45, 2.75) is 4.90 Å². The fraction of sp³-hybridized carbons (Fsp3) is 0. The van der Waals surface area contributed by atoms with E-state index >= 15 is 0 Å². The first kappa shape index (κ1) is 13.0. The number of halogens is 1. The maximum absolute atomic E-state index is 12.4. The Morgan fingerprint density at radius 3 is 2.60 bits per heavy atom. The van der Waals surface area contributed by atoms with Gasteiger partial charge in [-0.1, -0.05) is 18.2 Å². The Morgan fingerprint density at radius 1 is 1.10 bits per heavy atom. The monoisotopic (exact) mass is 307 g/mol. The summed E-state index contributed by atoms with van der Waals surface area (Å²) in [4.78, 5) is 0.141. The zero-order valence-electron chi connectivity index (χ0n) is 10.2. The first-order chi connectivity index (χ1) is 9.59. The van der Waals surface area contributed by atoms with Crippen LogP contribution in [-0.2, 0) is 10.0 Å². The van der Waals surface area contributed by atoms with Crippen LogP contribution in [0.15, 0.2) is 59.6 Å². The summed E-state index contributed by atoms with van der Waals surface area (Å²) in [5.74, 6) is 0. The van der Waals surface area contributed by atoms with E-state index in [1.165, 1.54) is 12.1 Å². The van der Waals surface area contributed by atoms with E-state index in [2.05, 4.69) is 10.2 Å². The Labute approximate surface area is 121 Å². The molecule has 3 rings (SSSR count). The van der Waals surface area contributed by atoms with Crippen LogP contribution < -0.4 is 3.82 Å². The van der Waals surface area contributed by atoms with Crippen LogP contribution in [0.3, 0.4) is 0 Å². The Balaban J connectivity index is 2.05. The van der Waals surface area contributed by atoms with Gasteiger partial charge in [0, 0.05) is 17.2 Å². The van der Waals surface area contributed by atoms with Crippen molar-refractivity contribution in [3.63, 3.8) is 0 Å². The van der Waals surface area contributed by atoms with Crippen LogP contribution >= 0.6 is 11.8 Å². The molecule has 0 fully saturated rings. The van der Waals surface area contributed by atoms with Crippen molar-refractivity contribution in [2.24, 2.45) is 0 Å². The smallest absolute Gasteiger partial charge is 0.278 e. The molecule has 3 aromatic rings. The Bertz CT molecular complexity index is 846. The number of hydrogen-bond acceptors (Lipinski definition) is 3. The van der Waals surface area contributed by atoms with Crippen molar-refractivity contribution in [3.05, 3.63) is 54.7 Å². The molecule has 1 aromatic heterocycles. The second-order valence-electron chi connectivity index (χ2n) is 4.17. The molecule has 0 aliphatic rings. The van der Waals surface area contributed by atoms with Crippen LogP contribution in [0.4, 0.5) is 5.69 Å². The summed E-state index contributed by atoms with van der Waals surface area (Å²) in [5, 5.41) is 7.47. The molecule has 0 aliphatic heterocycles. The number of H-pyrrole nitrogens is 1. The molecule has 20 heavy (non-hydrogen) atoms. The minimum Gasteiger partial charge on any atom is -0.278 e. The highest BCUT2D eigenvalue weighted by atomic mass is 35.5. The molecule has 5 nitrogen and oxygen atoms in total. The van der Waals surface area contributed by atoms with E-state index in [4.69, 9.17) is 11.8 Å². The van der Waals surface area contributed by atoms with Crippen LogP contribution in [-0.4, -0.2) is 18.6 Å². The second-order valence-corrected chi connectivity index (χ2v) is 6.50. The number of aromatic amines is 1. The van der Waals surface area contributed by atoms with E-state index in [-0.39, 0.29) is 4.90 Å². The van der Waals surface area contributed by atoms with Crippen molar-refractivity contribution in [2.75, 3.05) is 3.82 Å². The van der Waals surface area contributed by atoms with Crippen LogP contribution in [0.1, 0.15) is 0 Å². The highest BCUT2D eigenvalue weighted by Crippen LogP contribution is 2.28. The molecular formula is C13H10ClN3O2S. The molecule has 7 heteroatoms. The lowest BCUT2D eigenvalue weighted by Crippen LogP contribution is -2.21. The number of sulfonamides is 1. The van der Waals surface area contributed by atoms with Crippen molar-refractivity contribution >= 4 is 38.4 Å². The molecular weight excluding hydrogens is 298 g/mol. The van der Waals surface area contributed by atoms with Gasteiger partial charge in [0.1, 0.15) is 0 Å². The summed E-state index contributed by atoms with van der Waals surface area (Å²) in [7, 11) is -3.78. The second kappa shape index (κ2) is 4.81. The molecule has 0 aliphatic carbocycles. The van der Waals surface area contributed by atoms with E-state index in [0.29, 0.717) is 5.69 Å². The average molecular weight is 308 g/mol. The number of rotatable bonds is 3. The molecule has 2 aromatic carbocycles.